The van der Waals surface area contributed by atoms with E-state index >= 15 is 0 Å². The number of rotatable bonds is 4. The molecule has 3 heterocycles. The minimum Gasteiger partial charge on any atom is -0.396 e. The maximum absolute atomic E-state index is 9.36. The summed E-state index contributed by atoms with van der Waals surface area (Å²) in [5.74, 6) is 6.80. The number of benzene rings is 1. The van der Waals surface area contributed by atoms with Crippen LogP contribution in [0.5, 0.6) is 0 Å². The van der Waals surface area contributed by atoms with E-state index in [2.05, 4.69) is 55.9 Å². The molecule has 0 saturated carbocycles. The van der Waals surface area contributed by atoms with Crippen molar-refractivity contribution in [1.29, 1.82) is 0 Å². The van der Waals surface area contributed by atoms with Crippen LogP contribution in [0.1, 0.15) is 42.4 Å². The van der Waals surface area contributed by atoms with E-state index in [0.717, 1.165) is 50.1 Å². The first-order valence-electron chi connectivity index (χ1n) is 10.7. The molecule has 1 unspecified atom stereocenters. The van der Waals surface area contributed by atoms with Crippen molar-refractivity contribution in [3.8, 4) is 11.8 Å². The van der Waals surface area contributed by atoms with Gasteiger partial charge in [0.25, 0.3) is 0 Å². The molecule has 152 valence electrons. The Bertz CT molecular complexity index is 819. The second-order valence-corrected chi connectivity index (χ2v) is 8.27. The summed E-state index contributed by atoms with van der Waals surface area (Å²) in [7, 11) is 0. The first-order chi connectivity index (χ1) is 14.3. The second-order valence-electron chi connectivity index (χ2n) is 8.27. The van der Waals surface area contributed by atoms with Gasteiger partial charge in [0.1, 0.15) is 6.33 Å². The standard InChI is InChI=1S/C24H30N4O/c29-18-22-9-12-28(13-10-22)24-2-1-11-27(17-24)16-21-6-3-20(4-7-21)5-8-23-14-25-19-26-15-23/h3-4,6-7,14-15,19,22,24,29H,1-2,9-13,16-18H2. The van der Waals surface area contributed by atoms with Crippen molar-refractivity contribution < 1.29 is 5.11 Å². The molecule has 1 atom stereocenters. The van der Waals surface area contributed by atoms with E-state index in [9.17, 15) is 5.11 Å². The molecule has 0 amide bonds. The smallest absolute Gasteiger partial charge is 0.115 e. The van der Waals surface area contributed by atoms with Gasteiger partial charge in [-0.05, 0) is 68.9 Å². The normalized spacial score (nSPS) is 21.5. The minimum absolute atomic E-state index is 0.351. The maximum Gasteiger partial charge on any atom is 0.115 e. The van der Waals surface area contributed by atoms with E-state index in [1.807, 2.05) is 0 Å². The number of aromatic nitrogens is 2. The van der Waals surface area contributed by atoms with Crippen molar-refractivity contribution in [2.75, 3.05) is 32.8 Å². The van der Waals surface area contributed by atoms with Crippen LogP contribution in [0.2, 0.25) is 0 Å². The summed E-state index contributed by atoms with van der Waals surface area (Å²) >= 11 is 0. The van der Waals surface area contributed by atoms with Crippen LogP contribution in [0.25, 0.3) is 0 Å². The van der Waals surface area contributed by atoms with Crippen molar-refractivity contribution in [2.24, 2.45) is 5.92 Å². The maximum atomic E-state index is 9.36. The minimum atomic E-state index is 0.351. The highest BCUT2D eigenvalue weighted by Gasteiger charge is 2.28. The predicted octanol–water partition coefficient (Wildman–Crippen LogP) is 2.55. The number of hydrogen-bond donors (Lipinski definition) is 1. The Hall–Kier alpha value is -2.26. The fourth-order valence-electron chi connectivity index (χ4n) is 4.43. The Balaban J connectivity index is 1.30. The van der Waals surface area contributed by atoms with Gasteiger partial charge < -0.3 is 5.11 Å². The van der Waals surface area contributed by atoms with Crippen molar-refractivity contribution in [2.45, 2.75) is 38.3 Å². The largest absolute Gasteiger partial charge is 0.396 e. The molecule has 2 aromatic rings. The van der Waals surface area contributed by atoms with Crippen molar-refractivity contribution in [3.05, 3.63) is 59.7 Å². The zero-order valence-electron chi connectivity index (χ0n) is 17.0. The van der Waals surface area contributed by atoms with E-state index in [-0.39, 0.29) is 0 Å². The quantitative estimate of drug-likeness (QED) is 0.813. The SMILES string of the molecule is OCC1CCN(C2CCCN(Cc3ccc(C#Cc4cncnc4)cc3)C2)CC1. The van der Waals surface area contributed by atoms with E-state index in [1.165, 1.54) is 31.3 Å². The molecule has 5 nitrogen and oxygen atoms in total. The average Bonchev–Trinajstić information content (AvgIpc) is 2.79. The summed E-state index contributed by atoms with van der Waals surface area (Å²) in [5.41, 5.74) is 3.19. The van der Waals surface area contributed by atoms with Crippen LogP contribution >= 0.6 is 0 Å². The van der Waals surface area contributed by atoms with Gasteiger partial charge >= 0.3 is 0 Å². The molecule has 1 aromatic heterocycles. The molecule has 2 saturated heterocycles. The van der Waals surface area contributed by atoms with Crippen LogP contribution in [0.15, 0.2) is 43.0 Å². The van der Waals surface area contributed by atoms with Crippen molar-refractivity contribution in [1.82, 2.24) is 19.8 Å². The average molecular weight is 391 g/mol. The van der Waals surface area contributed by atoms with Gasteiger partial charge in [0, 0.05) is 43.7 Å². The van der Waals surface area contributed by atoms with Gasteiger partial charge in [0.15, 0.2) is 0 Å². The van der Waals surface area contributed by atoms with Gasteiger partial charge in [0.05, 0.1) is 5.56 Å². The molecule has 2 fully saturated rings. The molecule has 5 heteroatoms. The Labute approximate surface area is 173 Å². The molecule has 1 aromatic carbocycles. The number of nitrogens with zero attached hydrogens (tertiary/aromatic N) is 4. The van der Waals surface area contributed by atoms with Crippen LogP contribution in [0, 0.1) is 17.8 Å². The van der Waals surface area contributed by atoms with Crippen molar-refractivity contribution in [3.63, 3.8) is 0 Å². The lowest BCUT2D eigenvalue weighted by Crippen LogP contribution is -2.50. The van der Waals surface area contributed by atoms with Gasteiger partial charge in [-0.25, -0.2) is 9.97 Å². The summed E-state index contributed by atoms with van der Waals surface area (Å²) in [4.78, 5) is 13.2. The van der Waals surface area contributed by atoms with Gasteiger partial charge in [-0.3, -0.25) is 9.80 Å². The third-order valence-corrected chi connectivity index (χ3v) is 6.18. The van der Waals surface area contributed by atoms with Crippen LogP contribution in [-0.2, 0) is 6.54 Å². The Kier molecular flexibility index (Phi) is 6.89. The number of hydrogen-bond acceptors (Lipinski definition) is 5. The molecule has 2 aliphatic heterocycles. The first-order valence-corrected chi connectivity index (χ1v) is 10.7. The van der Waals surface area contributed by atoms with Gasteiger partial charge in [-0.1, -0.05) is 24.0 Å². The Morgan fingerprint density at radius 1 is 0.931 bits per heavy atom. The zero-order chi connectivity index (χ0) is 19.9. The summed E-state index contributed by atoms with van der Waals surface area (Å²) in [6, 6.07) is 9.27. The lowest BCUT2D eigenvalue weighted by molar-refractivity contribution is 0.0544. The molecule has 0 bridgehead atoms. The van der Waals surface area contributed by atoms with Crippen LogP contribution in [0.3, 0.4) is 0 Å². The molecule has 2 aliphatic rings. The van der Waals surface area contributed by atoms with Gasteiger partial charge in [-0.2, -0.15) is 0 Å². The number of piperidine rings is 2. The third kappa shape index (κ3) is 5.63. The summed E-state index contributed by atoms with van der Waals surface area (Å²) in [6.07, 6.45) is 9.84. The summed E-state index contributed by atoms with van der Waals surface area (Å²) in [5, 5.41) is 9.36. The van der Waals surface area contributed by atoms with E-state index in [0.29, 0.717) is 18.6 Å². The number of aliphatic hydroxyl groups is 1. The fourth-order valence-corrected chi connectivity index (χ4v) is 4.43. The number of aliphatic hydroxyl groups excluding tert-OH is 1. The molecular weight excluding hydrogens is 360 g/mol. The summed E-state index contributed by atoms with van der Waals surface area (Å²) < 4.78 is 0. The van der Waals surface area contributed by atoms with Crippen LogP contribution < -0.4 is 0 Å². The molecular formula is C24H30N4O. The van der Waals surface area contributed by atoms with Gasteiger partial charge in [-0.15, -0.1) is 0 Å². The Morgan fingerprint density at radius 2 is 1.66 bits per heavy atom. The van der Waals surface area contributed by atoms with Crippen LogP contribution in [0.4, 0.5) is 0 Å². The predicted molar refractivity (Wildman–Crippen MR) is 114 cm³/mol. The summed E-state index contributed by atoms with van der Waals surface area (Å²) in [6.45, 7) is 5.97. The first kappa shape index (κ1) is 20.0. The van der Waals surface area contributed by atoms with E-state index in [1.54, 1.807) is 12.4 Å². The lowest BCUT2D eigenvalue weighted by atomic mass is 9.94. The fraction of sp³-hybridized carbons (Fsp3) is 0.500. The molecule has 0 aliphatic carbocycles. The Morgan fingerprint density at radius 3 is 2.38 bits per heavy atom. The molecule has 1 N–H and O–H groups in total. The second kappa shape index (κ2) is 9.98. The highest BCUT2D eigenvalue weighted by molar-refractivity contribution is 5.41. The zero-order valence-corrected chi connectivity index (χ0v) is 17.0. The lowest BCUT2D eigenvalue weighted by Gasteiger charge is -2.42. The number of likely N-dealkylation sites (tertiary alicyclic amines) is 2. The van der Waals surface area contributed by atoms with Gasteiger partial charge in [0.2, 0.25) is 0 Å². The highest BCUT2D eigenvalue weighted by Crippen LogP contribution is 2.24. The van der Waals surface area contributed by atoms with E-state index < -0.39 is 0 Å². The van der Waals surface area contributed by atoms with Crippen LogP contribution in [-0.4, -0.2) is 63.7 Å². The topological polar surface area (TPSA) is 52.5 Å². The molecule has 0 radical (unpaired) electrons. The molecule has 4 rings (SSSR count). The van der Waals surface area contributed by atoms with Crippen molar-refractivity contribution >= 4 is 0 Å². The molecule has 29 heavy (non-hydrogen) atoms. The molecule has 0 spiro atoms. The van der Waals surface area contributed by atoms with E-state index in [4.69, 9.17) is 0 Å². The highest BCUT2D eigenvalue weighted by atomic mass is 16.3. The monoisotopic (exact) mass is 390 g/mol. The third-order valence-electron chi connectivity index (χ3n) is 6.18.